The largest absolute Gasteiger partial charge is 0.479 e. The number of hydrogen-bond donors (Lipinski definition) is 1. The number of hydrogen-bond acceptors (Lipinski definition) is 2. The Hall–Kier alpha value is -1.84. The first-order valence-electron chi connectivity index (χ1n) is 7.77. The van der Waals surface area contributed by atoms with Gasteiger partial charge in [-0.15, -0.1) is 0 Å². The van der Waals surface area contributed by atoms with Crippen molar-refractivity contribution in [3.63, 3.8) is 0 Å². The van der Waals surface area contributed by atoms with E-state index < -0.39 is 12.0 Å². The molecule has 2 aliphatic rings. The minimum Gasteiger partial charge on any atom is -0.479 e. The average Bonchev–Trinajstić information content (AvgIpc) is 2.98. The third-order valence-electron chi connectivity index (χ3n) is 4.78. The number of fused-ring (bicyclic) bond motifs is 1. The van der Waals surface area contributed by atoms with Crippen LogP contribution in [-0.2, 0) is 16.0 Å². The quantitative estimate of drug-likeness (QED) is 0.930. The zero-order chi connectivity index (χ0) is 14.8. The molecule has 1 heterocycles. The van der Waals surface area contributed by atoms with Crippen LogP contribution in [0, 0.1) is 5.92 Å². The molecule has 0 bridgehead atoms. The summed E-state index contributed by atoms with van der Waals surface area (Å²) in [6.07, 6.45) is 5.86. The van der Waals surface area contributed by atoms with E-state index in [0.29, 0.717) is 18.9 Å². The van der Waals surface area contributed by atoms with Crippen molar-refractivity contribution >= 4 is 11.9 Å². The van der Waals surface area contributed by atoms with Gasteiger partial charge in [0.05, 0.1) is 0 Å². The van der Waals surface area contributed by atoms with Crippen molar-refractivity contribution in [1.29, 1.82) is 0 Å². The first kappa shape index (κ1) is 14.1. The molecule has 1 amide bonds. The average molecular weight is 287 g/mol. The van der Waals surface area contributed by atoms with E-state index >= 15 is 0 Å². The van der Waals surface area contributed by atoms with E-state index in [1.165, 1.54) is 12.8 Å². The van der Waals surface area contributed by atoms with Gasteiger partial charge in [0, 0.05) is 13.0 Å². The van der Waals surface area contributed by atoms with Gasteiger partial charge in [0.15, 0.2) is 6.04 Å². The number of aliphatic carboxylic acids is 1. The van der Waals surface area contributed by atoms with Crippen LogP contribution < -0.4 is 0 Å². The lowest BCUT2D eigenvalue weighted by atomic mass is 9.91. The molecule has 1 aromatic rings. The maximum Gasteiger partial charge on any atom is 0.331 e. The number of benzene rings is 1. The van der Waals surface area contributed by atoms with Gasteiger partial charge in [-0.25, -0.2) is 4.79 Å². The molecule has 1 saturated carbocycles. The van der Waals surface area contributed by atoms with E-state index in [1.54, 1.807) is 4.90 Å². The molecule has 0 aromatic heterocycles. The van der Waals surface area contributed by atoms with Crippen LogP contribution in [0.15, 0.2) is 24.3 Å². The molecule has 1 unspecified atom stereocenters. The highest BCUT2D eigenvalue weighted by Gasteiger charge is 2.36. The summed E-state index contributed by atoms with van der Waals surface area (Å²) < 4.78 is 0. The molecule has 1 atom stereocenters. The highest BCUT2D eigenvalue weighted by Crippen LogP contribution is 2.33. The van der Waals surface area contributed by atoms with Gasteiger partial charge < -0.3 is 10.0 Å². The van der Waals surface area contributed by atoms with E-state index in [2.05, 4.69) is 0 Å². The monoisotopic (exact) mass is 287 g/mol. The number of carboxylic acids is 1. The molecule has 0 spiro atoms. The second-order valence-corrected chi connectivity index (χ2v) is 6.13. The summed E-state index contributed by atoms with van der Waals surface area (Å²) in [6, 6.07) is 6.75. The third-order valence-corrected chi connectivity index (χ3v) is 4.78. The first-order chi connectivity index (χ1) is 10.2. The van der Waals surface area contributed by atoms with Crippen LogP contribution in [0.1, 0.15) is 49.3 Å². The van der Waals surface area contributed by atoms with Crippen molar-refractivity contribution in [2.75, 3.05) is 6.54 Å². The molecule has 4 nitrogen and oxygen atoms in total. The standard InChI is InChI=1S/C17H21NO3/c19-15(11-12-5-1-2-6-12)18-10-9-13-7-3-4-8-14(13)16(18)17(20)21/h3-4,7-8,12,16H,1-2,5-6,9-11H2,(H,20,21). The Morgan fingerprint density at radius 3 is 2.62 bits per heavy atom. The summed E-state index contributed by atoms with van der Waals surface area (Å²) in [4.78, 5) is 25.8. The van der Waals surface area contributed by atoms with Gasteiger partial charge in [-0.1, -0.05) is 37.1 Å². The zero-order valence-corrected chi connectivity index (χ0v) is 12.1. The number of nitrogens with zero attached hydrogens (tertiary/aromatic N) is 1. The highest BCUT2D eigenvalue weighted by atomic mass is 16.4. The molecule has 0 radical (unpaired) electrons. The van der Waals surface area contributed by atoms with Crippen LogP contribution in [0.4, 0.5) is 0 Å². The second kappa shape index (κ2) is 5.88. The smallest absolute Gasteiger partial charge is 0.331 e. The second-order valence-electron chi connectivity index (χ2n) is 6.13. The van der Waals surface area contributed by atoms with Crippen LogP contribution in [0.25, 0.3) is 0 Å². The zero-order valence-electron chi connectivity index (χ0n) is 12.1. The van der Waals surface area contributed by atoms with Crippen LogP contribution in [0.2, 0.25) is 0 Å². The predicted octanol–water partition coefficient (Wildman–Crippen LogP) is 2.78. The Labute approximate surface area is 124 Å². The van der Waals surface area contributed by atoms with Crippen LogP contribution in [0.3, 0.4) is 0 Å². The highest BCUT2D eigenvalue weighted by molar-refractivity contribution is 5.85. The van der Waals surface area contributed by atoms with E-state index in [4.69, 9.17) is 0 Å². The Kier molecular flexibility index (Phi) is 3.95. The summed E-state index contributed by atoms with van der Waals surface area (Å²) >= 11 is 0. The Morgan fingerprint density at radius 1 is 1.19 bits per heavy atom. The number of rotatable bonds is 3. The van der Waals surface area contributed by atoms with Gasteiger partial charge in [0.1, 0.15) is 0 Å². The minimum absolute atomic E-state index is 0.00352. The molecule has 112 valence electrons. The van der Waals surface area contributed by atoms with Crippen LogP contribution >= 0.6 is 0 Å². The fourth-order valence-corrected chi connectivity index (χ4v) is 3.68. The number of carboxylic acid groups (broad SMARTS) is 1. The molecule has 1 N–H and O–H groups in total. The fourth-order valence-electron chi connectivity index (χ4n) is 3.68. The van der Waals surface area contributed by atoms with E-state index in [9.17, 15) is 14.7 Å². The van der Waals surface area contributed by atoms with Gasteiger partial charge in [-0.05, 0) is 36.3 Å². The summed E-state index contributed by atoms with van der Waals surface area (Å²) in [7, 11) is 0. The van der Waals surface area contributed by atoms with Gasteiger partial charge in [0.25, 0.3) is 0 Å². The summed E-state index contributed by atoms with van der Waals surface area (Å²) in [5.74, 6) is -0.477. The molecule has 0 saturated heterocycles. The summed E-state index contributed by atoms with van der Waals surface area (Å²) in [6.45, 7) is 0.513. The maximum atomic E-state index is 12.5. The van der Waals surface area contributed by atoms with E-state index in [1.807, 2.05) is 24.3 Å². The Morgan fingerprint density at radius 2 is 1.90 bits per heavy atom. The molecule has 1 fully saturated rings. The minimum atomic E-state index is -0.929. The number of carbonyl (C=O) groups excluding carboxylic acids is 1. The Bertz CT molecular complexity index is 549. The predicted molar refractivity (Wildman–Crippen MR) is 78.8 cm³/mol. The lowest BCUT2D eigenvalue weighted by Crippen LogP contribution is -2.44. The normalized spacial score (nSPS) is 22.1. The van der Waals surface area contributed by atoms with Crippen LogP contribution in [-0.4, -0.2) is 28.4 Å². The van der Waals surface area contributed by atoms with Crippen molar-refractivity contribution in [3.05, 3.63) is 35.4 Å². The van der Waals surface area contributed by atoms with Crippen molar-refractivity contribution in [2.24, 2.45) is 5.92 Å². The van der Waals surface area contributed by atoms with Crippen molar-refractivity contribution in [1.82, 2.24) is 4.90 Å². The number of amides is 1. The SMILES string of the molecule is O=C(O)C1c2ccccc2CCN1C(=O)CC1CCCC1. The molecular formula is C17H21NO3. The molecule has 1 aliphatic carbocycles. The van der Waals surface area contributed by atoms with Gasteiger partial charge in [-0.3, -0.25) is 4.79 Å². The topological polar surface area (TPSA) is 57.6 Å². The molecule has 4 heteroatoms. The lowest BCUT2D eigenvalue weighted by Gasteiger charge is -2.35. The van der Waals surface area contributed by atoms with E-state index in [-0.39, 0.29) is 5.91 Å². The molecule has 21 heavy (non-hydrogen) atoms. The molecule has 1 aromatic carbocycles. The molecule has 1 aliphatic heterocycles. The van der Waals surface area contributed by atoms with Gasteiger partial charge >= 0.3 is 5.97 Å². The molecule has 3 rings (SSSR count). The number of carbonyl (C=O) groups is 2. The summed E-state index contributed by atoms with van der Waals surface area (Å²) in [5, 5.41) is 9.57. The van der Waals surface area contributed by atoms with Gasteiger partial charge in [0.2, 0.25) is 5.91 Å². The van der Waals surface area contributed by atoms with Crippen molar-refractivity contribution < 1.29 is 14.7 Å². The fraction of sp³-hybridized carbons (Fsp3) is 0.529. The van der Waals surface area contributed by atoms with E-state index in [0.717, 1.165) is 30.4 Å². The molecular weight excluding hydrogens is 266 g/mol. The first-order valence-corrected chi connectivity index (χ1v) is 7.77. The van der Waals surface area contributed by atoms with Crippen molar-refractivity contribution in [3.8, 4) is 0 Å². The maximum absolute atomic E-state index is 12.5. The van der Waals surface area contributed by atoms with Crippen LogP contribution in [0.5, 0.6) is 0 Å². The Balaban J connectivity index is 1.81. The lowest BCUT2D eigenvalue weighted by molar-refractivity contribution is -0.151. The van der Waals surface area contributed by atoms with Gasteiger partial charge in [-0.2, -0.15) is 0 Å². The van der Waals surface area contributed by atoms with Crippen molar-refractivity contribution in [2.45, 2.75) is 44.6 Å². The summed E-state index contributed by atoms with van der Waals surface area (Å²) in [5.41, 5.74) is 1.82. The third kappa shape index (κ3) is 2.80.